The summed E-state index contributed by atoms with van der Waals surface area (Å²) in [5.74, 6) is -0.360. The third kappa shape index (κ3) is 4.95. The van der Waals surface area contributed by atoms with Gasteiger partial charge in [0.1, 0.15) is 0 Å². The molecule has 0 fully saturated rings. The van der Waals surface area contributed by atoms with Crippen molar-refractivity contribution in [3.8, 4) is 0 Å². The van der Waals surface area contributed by atoms with E-state index in [0.717, 1.165) is 5.56 Å². The number of rotatable bonds is 3. The van der Waals surface area contributed by atoms with Crippen LogP contribution in [0, 0.1) is 0 Å². The first-order valence-corrected chi connectivity index (χ1v) is 5.32. The zero-order valence-corrected chi connectivity index (χ0v) is 10.2. The summed E-state index contributed by atoms with van der Waals surface area (Å²) in [6.07, 6.45) is 0. The summed E-state index contributed by atoms with van der Waals surface area (Å²) < 4.78 is 5.17. The average molecular weight is 256 g/mol. The van der Waals surface area contributed by atoms with Crippen LogP contribution in [-0.4, -0.2) is 24.8 Å². The molecule has 2 rings (SSSR count). The largest absolute Gasteiger partial charge is 0.870 e. The van der Waals surface area contributed by atoms with Crippen LogP contribution in [0.1, 0.15) is 15.9 Å². The number of esters is 1. The van der Waals surface area contributed by atoms with Crippen molar-refractivity contribution in [3.63, 3.8) is 0 Å². The molecule has 0 radical (unpaired) electrons. The van der Waals surface area contributed by atoms with Crippen molar-refractivity contribution in [3.05, 3.63) is 65.7 Å². The summed E-state index contributed by atoms with van der Waals surface area (Å²) in [5.41, 5.74) is 1.99. The molecule has 2 aromatic carbocycles. The molecule has 0 aliphatic rings. The van der Waals surface area contributed by atoms with Crippen molar-refractivity contribution < 1.29 is 20.5 Å². The van der Waals surface area contributed by atoms with E-state index in [4.69, 9.17) is 12.6 Å². The standard InChI is InChI=1S/C14H11BO2.2H2O/c15-13-8-4-7-12(9-13)14(16)17-10-11-5-2-1-3-6-11;;/h1-9H,10H2;2*1H2/q+2;;/p-2. The minimum atomic E-state index is -0.360. The van der Waals surface area contributed by atoms with Crippen LogP contribution in [0.15, 0.2) is 54.6 Å². The number of hydrogen-bond acceptors (Lipinski definition) is 4. The van der Waals surface area contributed by atoms with Crippen molar-refractivity contribution in [2.75, 3.05) is 0 Å². The molecule has 0 bridgehead atoms. The summed E-state index contributed by atoms with van der Waals surface area (Å²) in [5, 5.41) is 0. The van der Waals surface area contributed by atoms with Gasteiger partial charge in [0.2, 0.25) is 0 Å². The van der Waals surface area contributed by atoms with E-state index in [0.29, 0.717) is 11.0 Å². The fraction of sp³-hybridized carbons (Fsp3) is 0.0714. The van der Waals surface area contributed by atoms with Crippen LogP contribution in [0.25, 0.3) is 0 Å². The number of benzene rings is 2. The van der Waals surface area contributed by atoms with Gasteiger partial charge in [0.05, 0.1) is 0 Å². The monoisotopic (exact) mass is 256 g/mol. The molecule has 0 atom stereocenters. The Hall–Kier alpha value is -2.11. The van der Waals surface area contributed by atoms with Crippen molar-refractivity contribution in [1.82, 2.24) is 0 Å². The quantitative estimate of drug-likeness (QED) is 0.614. The third-order valence-electron chi connectivity index (χ3n) is 2.34. The van der Waals surface area contributed by atoms with Crippen molar-refractivity contribution in [1.29, 1.82) is 0 Å². The van der Waals surface area contributed by atoms with E-state index < -0.39 is 0 Å². The van der Waals surface area contributed by atoms with Crippen LogP contribution in [0.4, 0.5) is 0 Å². The first-order valence-electron chi connectivity index (χ1n) is 5.32. The molecule has 96 valence electrons. The Labute approximate surface area is 113 Å². The maximum absolute atomic E-state index is 11.7. The van der Waals surface area contributed by atoms with Crippen LogP contribution in [0.5, 0.6) is 0 Å². The van der Waals surface area contributed by atoms with Crippen LogP contribution in [0.2, 0.25) is 0 Å². The molecule has 0 heterocycles. The van der Waals surface area contributed by atoms with Gasteiger partial charge in [0, 0.05) is 0 Å². The Morgan fingerprint density at radius 3 is 2.32 bits per heavy atom. The number of hydrogen-bond donors (Lipinski definition) is 0. The smallest absolute Gasteiger partial charge is 0.870 e. The maximum Gasteiger partial charge on any atom is -0.870 e. The topological polar surface area (TPSA) is 86.3 Å². The van der Waals surface area contributed by atoms with Gasteiger partial charge in [0.15, 0.2) is 0 Å². The van der Waals surface area contributed by atoms with Crippen molar-refractivity contribution in [2.24, 2.45) is 0 Å². The first kappa shape index (κ1) is 16.9. The van der Waals surface area contributed by atoms with Crippen LogP contribution >= 0.6 is 0 Å². The van der Waals surface area contributed by atoms with Gasteiger partial charge in [-0.15, -0.1) is 0 Å². The maximum atomic E-state index is 11.7. The second-order valence-electron chi connectivity index (χ2n) is 3.69. The van der Waals surface area contributed by atoms with E-state index in [2.05, 4.69) is 0 Å². The molecule has 2 aromatic rings. The summed E-state index contributed by atoms with van der Waals surface area (Å²) in [7, 11) is 5.60. The zero-order chi connectivity index (χ0) is 12.1. The predicted octanol–water partition coefficient (Wildman–Crippen LogP) is 1.48. The van der Waals surface area contributed by atoms with E-state index in [-0.39, 0.29) is 23.5 Å². The zero-order valence-electron chi connectivity index (χ0n) is 10.2. The SMILES string of the molecule is [B+2]c1cccc(C(=O)OCc2ccccc2)c1.[OH-].[OH-]. The van der Waals surface area contributed by atoms with Crippen LogP contribution in [-0.2, 0) is 11.3 Å². The molecule has 2 N–H and O–H groups in total. The van der Waals surface area contributed by atoms with Gasteiger partial charge < -0.3 is 11.0 Å². The molecule has 4 nitrogen and oxygen atoms in total. The minimum Gasteiger partial charge on any atom is -0.870 e. The molecular formula is C14H13BO4. The molecular weight excluding hydrogens is 243 g/mol. The molecule has 0 aliphatic carbocycles. The van der Waals surface area contributed by atoms with Crippen molar-refractivity contribution in [2.45, 2.75) is 6.61 Å². The molecule has 0 saturated carbocycles. The minimum absolute atomic E-state index is 0. The van der Waals surface area contributed by atoms with Gasteiger partial charge in [-0.25, -0.2) is 0 Å². The van der Waals surface area contributed by atoms with Crippen molar-refractivity contribution >= 4 is 19.3 Å². The molecule has 0 saturated heterocycles. The Morgan fingerprint density at radius 2 is 1.68 bits per heavy atom. The fourth-order valence-corrected chi connectivity index (χ4v) is 1.47. The third-order valence-corrected chi connectivity index (χ3v) is 2.34. The predicted molar refractivity (Wildman–Crippen MR) is 71.3 cm³/mol. The Balaban J connectivity index is 0.00000162. The van der Waals surface area contributed by atoms with E-state index in [9.17, 15) is 4.79 Å². The van der Waals surface area contributed by atoms with Crippen LogP contribution in [0.3, 0.4) is 0 Å². The molecule has 0 amide bonds. The fourth-order valence-electron chi connectivity index (χ4n) is 1.47. The number of carbonyl (C=O) groups excluding carboxylic acids is 1. The summed E-state index contributed by atoms with van der Waals surface area (Å²) in [4.78, 5) is 11.7. The van der Waals surface area contributed by atoms with Gasteiger partial charge in [-0.05, 0) is 0 Å². The molecule has 0 spiro atoms. The second-order valence-corrected chi connectivity index (χ2v) is 3.69. The number of carbonyl (C=O) groups is 1. The molecule has 0 aromatic heterocycles. The summed E-state index contributed by atoms with van der Waals surface area (Å²) >= 11 is 0. The molecule has 19 heavy (non-hydrogen) atoms. The van der Waals surface area contributed by atoms with Gasteiger partial charge in [0.25, 0.3) is 0 Å². The second kappa shape index (κ2) is 8.08. The van der Waals surface area contributed by atoms with Gasteiger partial charge in [-0.3, -0.25) is 0 Å². The van der Waals surface area contributed by atoms with E-state index in [1.54, 1.807) is 24.3 Å². The van der Waals surface area contributed by atoms with Gasteiger partial charge in [-0.2, -0.15) is 0 Å². The summed E-state index contributed by atoms with van der Waals surface area (Å²) in [6.45, 7) is 0.272. The Kier molecular flexibility index (Phi) is 7.18. The van der Waals surface area contributed by atoms with E-state index >= 15 is 0 Å². The van der Waals surface area contributed by atoms with Gasteiger partial charge in [-0.1, -0.05) is 0 Å². The Morgan fingerprint density at radius 1 is 1.00 bits per heavy atom. The van der Waals surface area contributed by atoms with Gasteiger partial charge >= 0.3 is 101 Å². The molecule has 0 aliphatic heterocycles. The van der Waals surface area contributed by atoms with E-state index in [1.807, 2.05) is 30.3 Å². The Bertz CT molecular complexity index is 514. The molecule has 5 heteroatoms. The average Bonchev–Trinajstić information content (AvgIpc) is 2.37. The first-order chi connectivity index (χ1) is 8.25. The summed E-state index contributed by atoms with van der Waals surface area (Å²) in [6, 6.07) is 16.3. The van der Waals surface area contributed by atoms with E-state index in [1.165, 1.54) is 0 Å². The molecule has 0 unspecified atom stereocenters. The van der Waals surface area contributed by atoms with Crippen LogP contribution < -0.4 is 5.46 Å². The normalized spacial score (nSPS) is 8.95. The number of ether oxygens (including phenoxy) is 1.